The third kappa shape index (κ3) is 4.67. The maximum absolute atomic E-state index is 13.0. The van der Waals surface area contributed by atoms with Crippen LogP contribution in [0.3, 0.4) is 0 Å². The van der Waals surface area contributed by atoms with Gasteiger partial charge in [-0.1, -0.05) is 66.2 Å². The van der Waals surface area contributed by atoms with Crippen LogP contribution in [0.2, 0.25) is 0 Å². The Hall–Kier alpha value is -3.45. The van der Waals surface area contributed by atoms with Crippen LogP contribution < -0.4 is 11.1 Å². The molecule has 1 aromatic heterocycles. The smallest absolute Gasteiger partial charge is 0.273 e. The SMILES string of the molecule is Cc1ccc(CNC(=O)c2nsc(C(=O)N3CC=C(c4ccccc4)CC3)c2N)cc1. The van der Waals surface area contributed by atoms with E-state index in [1.165, 1.54) is 11.1 Å². The fourth-order valence-electron chi connectivity index (χ4n) is 3.50. The lowest BCUT2D eigenvalue weighted by Crippen LogP contribution is -2.34. The second-order valence-electron chi connectivity index (χ2n) is 7.54. The van der Waals surface area contributed by atoms with Crippen LogP contribution in [-0.2, 0) is 6.54 Å². The first-order chi connectivity index (χ1) is 15.0. The molecule has 6 nitrogen and oxygen atoms in total. The monoisotopic (exact) mass is 432 g/mol. The molecule has 2 heterocycles. The highest BCUT2D eigenvalue weighted by atomic mass is 32.1. The van der Waals surface area contributed by atoms with E-state index in [-0.39, 0.29) is 23.2 Å². The third-order valence-corrected chi connectivity index (χ3v) is 6.20. The van der Waals surface area contributed by atoms with Gasteiger partial charge >= 0.3 is 0 Å². The van der Waals surface area contributed by atoms with Crippen molar-refractivity contribution < 1.29 is 9.59 Å². The van der Waals surface area contributed by atoms with E-state index in [1.807, 2.05) is 49.4 Å². The quantitative estimate of drug-likeness (QED) is 0.640. The predicted molar refractivity (Wildman–Crippen MR) is 124 cm³/mol. The summed E-state index contributed by atoms with van der Waals surface area (Å²) in [5, 5.41) is 2.82. The minimum atomic E-state index is -0.377. The Kier molecular flexibility index (Phi) is 6.13. The van der Waals surface area contributed by atoms with E-state index >= 15 is 0 Å². The molecule has 0 aliphatic carbocycles. The van der Waals surface area contributed by atoms with Crippen LogP contribution in [0.15, 0.2) is 60.7 Å². The third-order valence-electron chi connectivity index (χ3n) is 5.35. The summed E-state index contributed by atoms with van der Waals surface area (Å²) in [6.07, 6.45) is 2.85. The number of nitrogens with zero attached hydrogens (tertiary/aromatic N) is 2. The zero-order valence-electron chi connectivity index (χ0n) is 17.3. The van der Waals surface area contributed by atoms with E-state index in [1.54, 1.807) is 4.90 Å². The van der Waals surface area contributed by atoms with Crippen molar-refractivity contribution in [2.45, 2.75) is 19.9 Å². The number of rotatable bonds is 5. The molecule has 2 amide bonds. The van der Waals surface area contributed by atoms with Gasteiger partial charge < -0.3 is 16.0 Å². The van der Waals surface area contributed by atoms with Gasteiger partial charge in [0, 0.05) is 19.6 Å². The fraction of sp³-hybridized carbons (Fsp3) is 0.208. The van der Waals surface area contributed by atoms with E-state index in [2.05, 4.69) is 27.9 Å². The van der Waals surface area contributed by atoms with Gasteiger partial charge in [-0.3, -0.25) is 9.59 Å². The summed E-state index contributed by atoms with van der Waals surface area (Å²) in [5.74, 6) is -0.561. The Bertz CT molecular complexity index is 1120. The number of nitrogen functional groups attached to an aromatic ring is 1. The number of anilines is 1. The average molecular weight is 433 g/mol. The number of aromatic nitrogens is 1. The van der Waals surface area contributed by atoms with Crippen molar-refractivity contribution in [1.82, 2.24) is 14.6 Å². The molecule has 2 aromatic carbocycles. The van der Waals surface area contributed by atoms with E-state index in [0.29, 0.717) is 24.5 Å². The van der Waals surface area contributed by atoms with E-state index in [0.717, 1.165) is 29.1 Å². The second kappa shape index (κ2) is 9.14. The number of nitrogens with one attached hydrogen (secondary N) is 1. The Balaban J connectivity index is 1.40. The lowest BCUT2D eigenvalue weighted by molar-refractivity contribution is 0.0778. The molecular weight excluding hydrogens is 408 g/mol. The molecule has 0 radical (unpaired) electrons. The summed E-state index contributed by atoms with van der Waals surface area (Å²) < 4.78 is 4.16. The highest BCUT2D eigenvalue weighted by molar-refractivity contribution is 7.09. The molecule has 0 fully saturated rings. The van der Waals surface area contributed by atoms with Crippen LogP contribution in [0.5, 0.6) is 0 Å². The number of hydrogen-bond donors (Lipinski definition) is 2. The van der Waals surface area contributed by atoms with Crippen LogP contribution >= 0.6 is 11.5 Å². The summed E-state index contributed by atoms with van der Waals surface area (Å²) in [4.78, 5) is 27.6. The lowest BCUT2D eigenvalue weighted by Gasteiger charge is -2.26. The number of carbonyl (C=O) groups is 2. The molecule has 0 atom stereocenters. The topological polar surface area (TPSA) is 88.3 Å². The van der Waals surface area contributed by atoms with Crippen LogP contribution in [0.4, 0.5) is 5.69 Å². The number of nitrogens with two attached hydrogens (primary N) is 1. The van der Waals surface area contributed by atoms with E-state index in [9.17, 15) is 9.59 Å². The Morgan fingerprint density at radius 2 is 1.87 bits per heavy atom. The molecule has 3 aromatic rings. The Morgan fingerprint density at radius 1 is 1.13 bits per heavy atom. The first kappa shape index (κ1) is 20.8. The first-order valence-electron chi connectivity index (χ1n) is 10.2. The molecule has 158 valence electrons. The van der Waals surface area contributed by atoms with Crippen molar-refractivity contribution in [3.05, 3.63) is 87.9 Å². The van der Waals surface area contributed by atoms with Crippen molar-refractivity contribution in [1.29, 1.82) is 0 Å². The van der Waals surface area contributed by atoms with Crippen molar-refractivity contribution in [3.63, 3.8) is 0 Å². The van der Waals surface area contributed by atoms with Gasteiger partial charge in [-0.2, -0.15) is 4.37 Å². The van der Waals surface area contributed by atoms with E-state index < -0.39 is 0 Å². The number of aryl methyl sites for hydroxylation is 1. The highest BCUT2D eigenvalue weighted by Crippen LogP contribution is 2.27. The number of benzene rings is 2. The van der Waals surface area contributed by atoms with Gasteiger partial charge in [-0.15, -0.1) is 0 Å². The number of carbonyl (C=O) groups excluding carboxylic acids is 2. The molecule has 0 spiro atoms. The predicted octanol–water partition coefficient (Wildman–Crippen LogP) is 3.89. The van der Waals surface area contributed by atoms with Crippen LogP contribution in [0.25, 0.3) is 5.57 Å². The lowest BCUT2D eigenvalue weighted by atomic mass is 9.99. The molecule has 7 heteroatoms. The maximum Gasteiger partial charge on any atom is 0.273 e. The van der Waals surface area contributed by atoms with Gasteiger partial charge in [0.05, 0.1) is 5.69 Å². The molecule has 1 aliphatic rings. The first-order valence-corrected chi connectivity index (χ1v) is 10.9. The average Bonchev–Trinajstić information content (AvgIpc) is 3.20. The minimum Gasteiger partial charge on any atom is -0.395 e. The van der Waals surface area contributed by atoms with Gasteiger partial charge in [0.1, 0.15) is 4.88 Å². The summed E-state index contributed by atoms with van der Waals surface area (Å²) in [5.41, 5.74) is 11.0. The summed E-state index contributed by atoms with van der Waals surface area (Å²) in [6.45, 7) is 3.50. The van der Waals surface area contributed by atoms with Gasteiger partial charge in [-0.05, 0) is 41.6 Å². The largest absolute Gasteiger partial charge is 0.395 e. The van der Waals surface area contributed by atoms with E-state index in [4.69, 9.17) is 5.73 Å². The Labute approximate surface area is 185 Å². The number of hydrogen-bond acceptors (Lipinski definition) is 5. The zero-order chi connectivity index (χ0) is 21.8. The van der Waals surface area contributed by atoms with Crippen molar-refractivity contribution >= 4 is 34.6 Å². The van der Waals surface area contributed by atoms with Crippen LogP contribution in [-0.4, -0.2) is 34.2 Å². The maximum atomic E-state index is 13.0. The highest BCUT2D eigenvalue weighted by Gasteiger charge is 2.26. The zero-order valence-corrected chi connectivity index (χ0v) is 18.1. The fourth-order valence-corrected chi connectivity index (χ4v) is 4.26. The van der Waals surface area contributed by atoms with Crippen LogP contribution in [0.1, 0.15) is 43.3 Å². The molecule has 0 saturated carbocycles. The van der Waals surface area contributed by atoms with Gasteiger partial charge in [-0.25, -0.2) is 0 Å². The molecular formula is C24H24N4O2S. The molecule has 0 saturated heterocycles. The van der Waals surface area contributed by atoms with Gasteiger partial charge in [0.15, 0.2) is 5.69 Å². The summed E-state index contributed by atoms with van der Waals surface area (Å²) >= 11 is 0.979. The molecule has 31 heavy (non-hydrogen) atoms. The number of amides is 2. The molecule has 1 aliphatic heterocycles. The van der Waals surface area contributed by atoms with Gasteiger partial charge in [0.25, 0.3) is 11.8 Å². The minimum absolute atomic E-state index is 0.109. The normalized spacial score (nSPS) is 13.6. The van der Waals surface area contributed by atoms with Crippen molar-refractivity contribution in [3.8, 4) is 0 Å². The summed E-state index contributed by atoms with van der Waals surface area (Å²) in [6, 6.07) is 18.1. The molecule has 0 bridgehead atoms. The van der Waals surface area contributed by atoms with Gasteiger partial charge in [0.2, 0.25) is 0 Å². The molecule has 4 rings (SSSR count). The van der Waals surface area contributed by atoms with Crippen LogP contribution in [0, 0.1) is 6.92 Å². The van der Waals surface area contributed by atoms with Crippen molar-refractivity contribution in [2.24, 2.45) is 0 Å². The van der Waals surface area contributed by atoms with Crippen molar-refractivity contribution in [2.75, 3.05) is 18.8 Å². The standard InChI is InChI=1S/C24H24N4O2S/c1-16-7-9-17(10-8-16)15-26-23(29)21-20(25)22(31-27-21)24(30)28-13-11-19(12-14-28)18-5-3-2-4-6-18/h2-11H,12-15,25H2,1H3,(H,26,29). The summed E-state index contributed by atoms with van der Waals surface area (Å²) in [7, 11) is 0. The second-order valence-corrected chi connectivity index (χ2v) is 8.31. The molecule has 3 N–H and O–H groups in total. The molecule has 0 unspecified atom stereocenters. The Morgan fingerprint density at radius 3 is 2.55 bits per heavy atom.